The first-order valence-electron chi connectivity index (χ1n) is 34.7. The lowest BCUT2D eigenvalue weighted by Crippen LogP contribution is -2.30. The lowest BCUT2D eigenvalue weighted by molar-refractivity contribution is -0.167. The second-order valence-electron chi connectivity index (χ2n) is 23.8. The van der Waals surface area contributed by atoms with Gasteiger partial charge in [0.2, 0.25) is 0 Å². The molecule has 450 valence electrons. The van der Waals surface area contributed by atoms with Crippen LogP contribution in [0.2, 0.25) is 0 Å². The fourth-order valence-corrected chi connectivity index (χ4v) is 10.8. The van der Waals surface area contributed by atoms with E-state index in [2.05, 4.69) is 32.9 Å². The summed E-state index contributed by atoms with van der Waals surface area (Å²) in [6.45, 7) is 6.68. The molecular formula is C70H134O6. The van der Waals surface area contributed by atoms with Crippen LogP contribution in [0, 0.1) is 0 Å². The van der Waals surface area contributed by atoms with Crippen molar-refractivity contribution in [2.45, 2.75) is 406 Å². The van der Waals surface area contributed by atoms with Crippen LogP contribution in [0.25, 0.3) is 0 Å². The lowest BCUT2D eigenvalue weighted by Gasteiger charge is -2.18. The molecule has 0 radical (unpaired) electrons. The van der Waals surface area contributed by atoms with Crippen LogP contribution < -0.4 is 0 Å². The SMILES string of the molecule is CCCCCCC/C=C\CCCCCCCC(=O)OC(COC(=O)CCCCCCCCCCCC)COC(=O)CCCCCCCCCCCCCCCCCCCCCCCCCCCCCCCCCCCC. The third-order valence-corrected chi connectivity index (χ3v) is 16.0. The summed E-state index contributed by atoms with van der Waals surface area (Å²) < 4.78 is 16.9. The average molecular weight is 1070 g/mol. The highest BCUT2D eigenvalue weighted by molar-refractivity contribution is 5.71. The van der Waals surface area contributed by atoms with Crippen molar-refractivity contribution in [3.8, 4) is 0 Å². The molecule has 76 heavy (non-hydrogen) atoms. The summed E-state index contributed by atoms with van der Waals surface area (Å²) in [7, 11) is 0. The predicted octanol–water partition coefficient (Wildman–Crippen LogP) is 23.6. The molecule has 0 aromatic heterocycles. The molecule has 0 aromatic rings. The van der Waals surface area contributed by atoms with Gasteiger partial charge in [0.25, 0.3) is 0 Å². The van der Waals surface area contributed by atoms with Gasteiger partial charge < -0.3 is 14.2 Å². The van der Waals surface area contributed by atoms with Gasteiger partial charge in [-0.3, -0.25) is 14.4 Å². The number of unbranched alkanes of at least 4 members (excludes halogenated alkanes) is 52. The first-order chi connectivity index (χ1) is 37.5. The molecule has 0 aliphatic heterocycles. The molecule has 0 bridgehead atoms. The number of allylic oxidation sites excluding steroid dienone is 2. The van der Waals surface area contributed by atoms with Crippen LogP contribution in [0.3, 0.4) is 0 Å². The Hall–Kier alpha value is -1.85. The standard InChI is InChI=1S/C70H134O6/c1-4-7-10-13-16-19-22-24-26-27-28-29-30-31-32-33-34-35-36-37-38-39-40-41-42-43-44-45-47-48-51-54-57-60-63-69(72)75-66-67(65-74-68(71)62-59-56-53-50-21-18-15-12-9-6-3)76-70(73)64-61-58-55-52-49-46-25-23-20-17-14-11-8-5-2/h23,25,67H,4-22,24,26-66H2,1-3H3/b25-23-. The quantitative estimate of drug-likeness (QED) is 0.0261. The molecule has 0 saturated heterocycles. The van der Waals surface area contributed by atoms with E-state index in [0.29, 0.717) is 19.3 Å². The first-order valence-corrected chi connectivity index (χ1v) is 34.7. The van der Waals surface area contributed by atoms with E-state index in [-0.39, 0.29) is 31.1 Å². The predicted molar refractivity (Wildman–Crippen MR) is 330 cm³/mol. The molecule has 0 fully saturated rings. The van der Waals surface area contributed by atoms with Crippen LogP contribution in [-0.2, 0) is 28.6 Å². The highest BCUT2D eigenvalue weighted by Gasteiger charge is 2.19. The van der Waals surface area contributed by atoms with Gasteiger partial charge in [-0.25, -0.2) is 0 Å². The van der Waals surface area contributed by atoms with Crippen molar-refractivity contribution < 1.29 is 28.6 Å². The van der Waals surface area contributed by atoms with E-state index >= 15 is 0 Å². The second-order valence-corrected chi connectivity index (χ2v) is 23.8. The third-order valence-electron chi connectivity index (χ3n) is 16.0. The Bertz CT molecular complexity index is 1180. The molecule has 0 saturated carbocycles. The molecular weight excluding hydrogens is 937 g/mol. The number of ether oxygens (including phenoxy) is 3. The minimum atomic E-state index is -0.769. The van der Waals surface area contributed by atoms with Crippen LogP contribution in [-0.4, -0.2) is 37.2 Å². The van der Waals surface area contributed by atoms with Crippen LogP contribution in [0.4, 0.5) is 0 Å². The van der Waals surface area contributed by atoms with Crippen molar-refractivity contribution in [3.63, 3.8) is 0 Å². The molecule has 0 heterocycles. The van der Waals surface area contributed by atoms with Gasteiger partial charge in [0, 0.05) is 19.3 Å². The van der Waals surface area contributed by atoms with Gasteiger partial charge >= 0.3 is 17.9 Å². The van der Waals surface area contributed by atoms with E-state index in [9.17, 15) is 14.4 Å². The number of rotatable bonds is 65. The molecule has 0 amide bonds. The van der Waals surface area contributed by atoms with Crippen molar-refractivity contribution in [1.82, 2.24) is 0 Å². The second kappa shape index (κ2) is 65.7. The van der Waals surface area contributed by atoms with Crippen molar-refractivity contribution >= 4 is 17.9 Å². The third kappa shape index (κ3) is 63.0. The van der Waals surface area contributed by atoms with Crippen LogP contribution >= 0.6 is 0 Å². The number of carbonyl (C=O) groups excluding carboxylic acids is 3. The first kappa shape index (κ1) is 74.2. The Kier molecular flexibility index (Phi) is 64.1. The number of hydrogen-bond acceptors (Lipinski definition) is 6. The lowest BCUT2D eigenvalue weighted by atomic mass is 10.0. The minimum absolute atomic E-state index is 0.0674. The highest BCUT2D eigenvalue weighted by atomic mass is 16.6. The van der Waals surface area contributed by atoms with Gasteiger partial charge in [-0.15, -0.1) is 0 Å². The fraction of sp³-hybridized carbons (Fsp3) is 0.929. The maximum absolute atomic E-state index is 12.8. The summed E-state index contributed by atoms with van der Waals surface area (Å²) in [5.41, 5.74) is 0. The summed E-state index contributed by atoms with van der Waals surface area (Å²) >= 11 is 0. The molecule has 1 unspecified atom stereocenters. The minimum Gasteiger partial charge on any atom is -0.462 e. The zero-order valence-corrected chi connectivity index (χ0v) is 51.8. The summed E-state index contributed by atoms with van der Waals surface area (Å²) in [4.78, 5) is 38.2. The molecule has 0 aromatic carbocycles. The Balaban J connectivity index is 3.96. The number of carbonyl (C=O) groups is 3. The fourth-order valence-electron chi connectivity index (χ4n) is 10.8. The largest absolute Gasteiger partial charge is 0.462 e. The number of esters is 3. The van der Waals surface area contributed by atoms with Gasteiger partial charge in [0.15, 0.2) is 6.10 Å². The zero-order chi connectivity index (χ0) is 55.0. The molecule has 1 atom stereocenters. The molecule has 0 aliphatic rings. The summed E-state index contributed by atoms with van der Waals surface area (Å²) in [6, 6.07) is 0. The Morgan fingerprint density at radius 2 is 0.434 bits per heavy atom. The Labute approximate surface area is 475 Å². The van der Waals surface area contributed by atoms with Gasteiger partial charge in [-0.2, -0.15) is 0 Å². The molecule has 0 spiro atoms. The van der Waals surface area contributed by atoms with E-state index in [0.717, 1.165) is 64.2 Å². The Morgan fingerprint density at radius 1 is 0.250 bits per heavy atom. The van der Waals surface area contributed by atoms with E-state index in [1.165, 1.54) is 295 Å². The van der Waals surface area contributed by atoms with E-state index < -0.39 is 6.10 Å². The molecule has 0 rings (SSSR count). The van der Waals surface area contributed by atoms with E-state index in [1.807, 2.05) is 0 Å². The van der Waals surface area contributed by atoms with Crippen LogP contribution in [0.15, 0.2) is 12.2 Å². The molecule has 0 aliphatic carbocycles. The smallest absolute Gasteiger partial charge is 0.306 e. The van der Waals surface area contributed by atoms with Crippen LogP contribution in [0.1, 0.15) is 400 Å². The average Bonchev–Trinajstić information content (AvgIpc) is 3.42. The van der Waals surface area contributed by atoms with Crippen molar-refractivity contribution in [2.75, 3.05) is 13.2 Å². The maximum atomic E-state index is 12.8. The van der Waals surface area contributed by atoms with Gasteiger partial charge in [-0.05, 0) is 44.9 Å². The molecule has 0 N–H and O–H groups in total. The molecule has 6 heteroatoms. The Morgan fingerprint density at radius 3 is 0.658 bits per heavy atom. The topological polar surface area (TPSA) is 78.9 Å². The van der Waals surface area contributed by atoms with E-state index in [4.69, 9.17) is 14.2 Å². The van der Waals surface area contributed by atoms with Crippen molar-refractivity contribution in [2.24, 2.45) is 0 Å². The van der Waals surface area contributed by atoms with Crippen molar-refractivity contribution in [1.29, 1.82) is 0 Å². The summed E-state index contributed by atoms with van der Waals surface area (Å²) in [6.07, 6.45) is 78.4. The molecule has 6 nitrogen and oxygen atoms in total. The maximum Gasteiger partial charge on any atom is 0.306 e. The van der Waals surface area contributed by atoms with Crippen LogP contribution in [0.5, 0.6) is 0 Å². The zero-order valence-electron chi connectivity index (χ0n) is 51.8. The highest BCUT2D eigenvalue weighted by Crippen LogP contribution is 2.19. The number of hydrogen-bond donors (Lipinski definition) is 0. The van der Waals surface area contributed by atoms with Gasteiger partial charge in [0.05, 0.1) is 0 Å². The monoisotopic (exact) mass is 1070 g/mol. The van der Waals surface area contributed by atoms with Gasteiger partial charge in [-0.1, -0.05) is 348 Å². The van der Waals surface area contributed by atoms with E-state index in [1.54, 1.807) is 0 Å². The van der Waals surface area contributed by atoms with Gasteiger partial charge in [0.1, 0.15) is 13.2 Å². The van der Waals surface area contributed by atoms with Crippen molar-refractivity contribution in [3.05, 3.63) is 12.2 Å². The summed E-state index contributed by atoms with van der Waals surface area (Å²) in [5.74, 6) is -0.851. The normalized spacial score (nSPS) is 12.0. The summed E-state index contributed by atoms with van der Waals surface area (Å²) in [5, 5.41) is 0.